The van der Waals surface area contributed by atoms with Gasteiger partial charge in [-0.3, -0.25) is 9.89 Å². The molecule has 1 aliphatic carbocycles. The molecule has 1 amide bonds. The van der Waals surface area contributed by atoms with Crippen LogP contribution in [0.3, 0.4) is 0 Å². The van der Waals surface area contributed by atoms with E-state index in [9.17, 15) is 4.79 Å². The summed E-state index contributed by atoms with van der Waals surface area (Å²) in [4.78, 5) is 12.0. The zero-order chi connectivity index (χ0) is 13.0. The Morgan fingerprint density at radius 2 is 2.28 bits per heavy atom. The van der Waals surface area contributed by atoms with Crippen molar-refractivity contribution in [3.8, 4) is 0 Å². The monoisotopic (exact) mass is 250 g/mol. The minimum atomic E-state index is -0.293. The molecule has 1 atom stereocenters. The molecule has 1 aliphatic rings. The topological polar surface area (TPSA) is 83.8 Å². The highest BCUT2D eigenvalue weighted by Crippen LogP contribution is 2.28. The largest absolute Gasteiger partial charge is 0.349 e. The fourth-order valence-corrected chi connectivity index (χ4v) is 2.63. The molecule has 0 spiro atoms. The van der Waals surface area contributed by atoms with Gasteiger partial charge in [0.15, 0.2) is 0 Å². The van der Waals surface area contributed by atoms with Crippen molar-refractivity contribution in [1.82, 2.24) is 15.5 Å². The predicted molar refractivity (Wildman–Crippen MR) is 69.8 cm³/mol. The van der Waals surface area contributed by atoms with Crippen molar-refractivity contribution in [2.24, 2.45) is 5.73 Å². The van der Waals surface area contributed by atoms with Crippen molar-refractivity contribution in [1.29, 1.82) is 0 Å². The SMILES string of the molecule is CC(NC(=O)CC1(N)CCCCC1)c1cn[nH]c1. The molecular formula is C13H22N4O. The van der Waals surface area contributed by atoms with E-state index in [1.807, 2.05) is 6.92 Å². The molecule has 5 heteroatoms. The van der Waals surface area contributed by atoms with E-state index in [2.05, 4.69) is 15.5 Å². The minimum Gasteiger partial charge on any atom is -0.349 e. The number of rotatable bonds is 4. The van der Waals surface area contributed by atoms with Gasteiger partial charge in [0, 0.05) is 23.7 Å². The van der Waals surface area contributed by atoms with E-state index < -0.39 is 0 Å². The zero-order valence-corrected chi connectivity index (χ0v) is 10.9. The maximum absolute atomic E-state index is 12.0. The number of aromatic nitrogens is 2. The number of carbonyl (C=O) groups is 1. The molecule has 1 fully saturated rings. The molecule has 0 saturated heterocycles. The van der Waals surface area contributed by atoms with Gasteiger partial charge in [-0.05, 0) is 19.8 Å². The van der Waals surface area contributed by atoms with Crippen LogP contribution in [0.5, 0.6) is 0 Å². The number of aromatic amines is 1. The van der Waals surface area contributed by atoms with E-state index in [1.165, 1.54) is 6.42 Å². The number of amides is 1. The van der Waals surface area contributed by atoms with Gasteiger partial charge in [0.1, 0.15) is 0 Å². The maximum Gasteiger partial charge on any atom is 0.222 e. The van der Waals surface area contributed by atoms with Gasteiger partial charge < -0.3 is 11.1 Å². The zero-order valence-electron chi connectivity index (χ0n) is 10.9. The van der Waals surface area contributed by atoms with E-state index in [0.29, 0.717) is 6.42 Å². The van der Waals surface area contributed by atoms with Crippen LogP contribution in [0.1, 0.15) is 57.1 Å². The first kappa shape index (κ1) is 13.1. The number of carbonyl (C=O) groups excluding carboxylic acids is 1. The number of hydrogen-bond donors (Lipinski definition) is 3. The lowest BCUT2D eigenvalue weighted by atomic mass is 9.80. The third kappa shape index (κ3) is 3.32. The first-order valence-electron chi connectivity index (χ1n) is 6.66. The lowest BCUT2D eigenvalue weighted by molar-refractivity contribution is -0.123. The second kappa shape index (κ2) is 5.52. The highest BCUT2D eigenvalue weighted by atomic mass is 16.1. The standard InChI is InChI=1S/C13H22N4O/c1-10(11-8-15-16-9-11)17-12(18)7-13(14)5-3-2-4-6-13/h8-10H,2-7,14H2,1H3,(H,15,16)(H,17,18). The van der Waals surface area contributed by atoms with Gasteiger partial charge in [-0.15, -0.1) is 0 Å². The predicted octanol–water partition coefficient (Wildman–Crippen LogP) is 1.64. The Morgan fingerprint density at radius 1 is 1.56 bits per heavy atom. The van der Waals surface area contributed by atoms with Crippen LogP contribution < -0.4 is 11.1 Å². The average molecular weight is 250 g/mol. The van der Waals surface area contributed by atoms with Gasteiger partial charge in [-0.2, -0.15) is 5.10 Å². The highest BCUT2D eigenvalue weighted by molar-refractivity contribution is 5.77. The van der Waals surface area contributed by atoms with Crippen molar-refractivity contribution in [3.63, 3.8) is 0 Å². The number of H-pyrrole nitrogens is 1. The molecule has 0 bridgehead atoms. The molecule has 0 aromatic carbocycles. The molecular weight excluding hydrogens is 228 g/mol. The summed E-state index contributed by atoms with van der Waals surface area (Å²) in [6.45, 7) is 1.95. The summed E-state index contributed by atoms with van der Waals surface area (Å²) in [5.74, 6) is 0.0353. The van der Waals surface area contributed by atoms with Crippen LogP contribution >= 0.6 is 0 Å². The smallest absolute Gasteiger partial charge is 0.222 e. The van der Waals surface area contributed by atoms with Crippen LogP contribution in [0, 0.1) is 0 Å². The molecule has 1 aromatic rings. The van der Waals surface area contributed by atoms with E-state index >= 15 is 0 Å². The summed E-state index contributed by atoms with van der Waals surface area (Å²) in [5.41, 5.74) is 6.97. The second-order valence-corrected chi connectivity index (χ2v) is 5.42. The Labute approximate surface area is 108 Å². The Morgan fingerprint density at radius 3 is 2.89 bits per heavy atom. The minimum absolute atomic E-state index is 0.0246. The average Bonchev–Trinajstić information content (AvgIpc) is 2.82. The van der Waals surface area contributed by atoms with Crippen molar-refractivity contribution >= 4 is 5.91 Å². The molecule has 2 rings (SSSR count). The Kier molecular flexibility index (Phi) is 4.01. The molecule has 18 heavy (non-hydrogen) atoms. The van der Waals surface area contributed by atoms with Gasteiger partial charge in [0.05, 0.1) is 12.2 Å². The molecule has 1 unspecified atom stereocenters. The molecule has 4 N–H and O–H groups in total. The van der Waals surface area contributed by atoms with Crippen LogP contribution in [-0.4, -0.2) is 21.6 Å². The Hall–Kier alpha value is -1.36. The third-order valence-electron chi connectivity index (χ3n) is 3.76. The van der Waals surface area contributed by atoms with E-state index in [-0.39, 0.29) is 17.5 Å². The quantitative estimate of drug-likeness (QED) is 0.759. The molecule has 0 aliphatic heterocycles. The molecule has 5 nitrogen and oxygen atoms in total. The first-order valence-corrected chi connectivity index (χ1v) is 6.66. The van der Waals surface area contributed by atoms with Crippen LogP contribution in [0.15, 0.2) is 12.4 Å². The maximum atomic E-state index is 12.0. The number of nitrogens with zero attached hydrogens (tertiary/aromatic N) is 1. The van der Waals surface area contributed by atoms with Gasteiger partial charge in [0.2, 0.25) is 5.91 Å². The Balaban J connectivity index is 1.84. The number of nitrogens with two attached hydrogens (primary N) is 1. The normalized spacial score (nSPS) is 20.3. The van der Waals surface area contributed by atoms with Crippen molar-refractivity contribution < 1.29 is 4.79 Å². The highest BCUT2D eigenvalue weighted by Gasteiger charge is 2.30. The molecule has 100 valence electrons. The fourth-order valence-electron chi connectivity index (χ4n) is 2.63. The summed E-state index contributed by atoms with van der Waals surface area (Å²) < 4.78 is 0. The van der Waals surface area contributed by atoms with Crippen LogP contribution in [0.2, 0.25) is 0 Å². The molecule has 1 saturated carbocycles. The van der Waals surface area contributed by atoms with E-state index in [4.69, 9.17) is 5.73 Å². The lowest BCUT2D eigenvalue weighted by Gasteiger charge is -2.33. The summed E-state index contributed by atoms with van der Waals surface area (Å²) in [6, 6.07) is -0.0246. The van der Waals surface area contributed by atoms with Crippen LogP contribution in [0.4, 0.5) is 0 Å². The number of hydrogen-bond acceptors (Lipinski definition) is 3. The molecule has 0 radical (unpaired) electrons. The van der Waals surface area contributed by atoms with Gasteiger partial charge in [0.25, 0.3) is 0 Å². The summed E-state index contributed by atoms with van der Waals surface area (Å²) in [6.07, 6.45) is 9.39. The number of nitrogens with one attached hydrogen (secondary N) is 2. The van der Waals surface area contributed by atoms with Crippen molar-refractivity contribution in [2.45, 2.75) is 57.0 Å². The van der Waals surface area contributed by atoms with Gasteiger partial charge in [-0.1, -0.05) is 19.3 Å². The van der Waals surface area contributed by atoms with Crippen LogP contribution in [-0.2, 0) is 4.79 Å². The lowest BCUT2D eigenvalue weighted by Crippen LogP contribution is -2.46. The fraction of sp³-hybridized carbons (Fsp3) is 0.692. The second-order valence-electron chi connectivity index (χ2n) is 5.42. The van der Waals surface area contributed by atoms with Crippen molar-refractivity contribution in [3.05, 3.63) is 18.0 Å². The third-order valence-corrected chi connectivity index (χ3v) is 3.76. The van der Waals surface area contributed by atoms with Crippen LogP contribution in [0.25, 0.3) is 0 Å². The first-order chi connectivity index (χ1) is 8.59. The van der Waals surface area contributed by atoms with E-state index in [0.717, 1.165) is 31.2 Å². The van der Waals surface area contributed by atoms with Gasteiger partial charge >= 0.3 is 0 Å². The summed E-state index contributed by atoms with van der Waals surface area (Å²) in [7, 11) is 0. The summed E-state index contributed by atoms with van der Waals surface area (Å²) in [5, 5.41) is 9.60. The van der Waals surface area contributed by atoms with Crippen molar-refractivity contribution in [2.75, 3.05) is 0 Å². The summed E-state index contributed by atoms with van der Waals surface area (Å²) >= 11 is 0. The van der Waals surface area contributed by atoms with E-state index in [1.54, 1.807) is 12.4 Å². The molecule has 1 aromatic heterocycles. The Bertz CT molecular complexity index is 382. The molecule has 1 heterocycles. The van der Waals surface area contributed by atoms with Gasteiger partial charge in [-0.25, -0.2) is 0 Å².